The molecule has 1 heterocycles. The summed E-state index contributed by atoms with van der Waals surface area (Å²) in [5.41, 5.74) is 1.26. The maximum absolute atomic E-state index is 11.7. The molecule has 2 atom stereocenters. The third-order valence-corrected chi connectivity index (χ3v) is 5.50. The van der Waals surface area contributed by atoms with Crippen molar-refractivity contribution in [2.75, 3.05) is 11.5 Å². The van der Waals surface area contributed by atoms with Crippen LogP contribution in [0.4, 0.5) is 0 Å². The van der Waals surface area contributed by atoms with Gasteiger partial charge in [-0.25, -0.2) is 8.42 Å². The second-order valence-electron chi connectivity index (χ2n) is 5.37. The second kappa shape index (κ2) is 6.53. The fourth-order valence-corrected chi connectivity index (χ4v) is 4.41. The van der Waals surface area contributed by atoms with Crippen LogP contribution in [0.1, 0.15) is 44.2 Å². The molecule has 1 aliphatic heterocycles. The number of hydrogen-bond acceptors (Lipinski definition) is 3. The number of nitrogens with one attached hydrogen (secondary N) is 1. The Balaban J connectivity index is 2.05. The van der Waals surface area contributed by atoms with Crippen molar-refractivity contribution in [3.8, 4) is 0 Å². The highest BCUT2D eigenvalue weighted by molar-refractivity contribution is 7.91. The van der Waals surface area contributed by atoms with Gasteiger partial charge in [0, 0.05) is 12.1 Å². The highest BCUT2D eigenvalue weighted by Crippen LogP contribution is 2.22. The lowest BCUT2D eigenvalue weighted by molar-refractivity contribution is 0.403. The molecule has 1 fully saturated rings. The maximum atomic E-state index is 11.7. The van der Waals surface area contributed by atoms with Crippen molar-refractivity contribution in [3.63, 3.8) is 0 Å². The Kier molecular flexibility index (Phi) is 4.99. The topological polar surface area (TPSA) is 46.2 Å². The first kappa shape index (κ1) is 14.5. The van der Waals surface area contributed by atoms with Crippen molar-refractivity contribution < 1.29 is 8.42 Å². The molecule has 106 valence electrons. The molecule has 19 heavy (non-hydrogen) atoms. The summed E-state index contributed by atoms with van der Waals surface area (Å²) in [4.78, 5) is 0. The summed E-state index contributed by atoms with van der Waals surface area (Å²) in [5, 5.41) is 3.55. The quantitative estimate of drug-likeness (QED) is 0.902. The molecule has 1 saturated heterocycles. The van der Waals surface area contributed by atoms with Gasteiger partial charge in [-0.1, -0.05) is 43.7 Å². The van der Waals surface area contributed by atoms with Crippen molar-refractivity contribution >= 4 is 9.84 Å². The molecule has 0 spiro atoms. The number of benzene rings is 1. The van der Waals surface area contributed by atoms with E-state index in [-0.39, 0.29) is 12.1 Å². The smallest absolute Gasteiger partial charge is 0.151 e. The first-order chi connectivity index (χ1) is 9.11. The van der Waals surface area contributed by atoms with Gasteiger partial charge in [0.25, 0.3) is 0 Å². The molecule has 0 aromatic heterocycles. The fraction of sp³-hybridized carbons (Fsp3) is 0.600. The third-order valence-electron chi connectivity index (χ3n) is 3.68. The van der Waals surface area contributed by atoms with Crippen LogP contribution in [0, 0.1) is 0 Å². The maximum Gasteiger partial charge on any atom is 0.151 e. The Morgan fingerprint density at radius 2 is 2.05 bits per heavy atom. The van der Waals surface area contributed by atoms with Gasteiger partial charge in [0.15, 0.2) is 9.84 Å². The predicted octanol–water partition coefficient (Wildman–Crippen LogP) is 2.69. The van der Waals surface area contributed by atoms with Crippen LogP contribution in [-0.2, 0) is 9.84 Å². The molecule has 0 saturated carbocycles. The van der Waals surface area contributed by atoms with Gasteiger partial charge in [0.1, 0.15) is 0 Å². The Labute approximate surface area is 116 Å². The molecule has 1 N–H and O–H groups in total. The lowest BCUT2D eigenvalue weighted by Gasteiger charge is -2.28. The number of rotatable bonds is 5. The lowest BCUT2D eigenvalue weighted by atomic mass is 10.0. The summed E-state index contributed by atoms with van der Waals surface area (Å²) in [5.74, 6) is 0.648. The number of sulfone groups is 1. The van der Waals surface area contributed by atoms with E-state index in [1.165, 1.54) is 5.56 Å². The number of hydrogen-bond donors (Lipinski definition) is 1. The first-order valence-electron chi connectivity index (χ1n) is 7.12. The summed E-state index contributed by atoms with van der Waals surface area (Å²) in [6.45, 7) is 2.16. The first-order valence-corrected chi connectivity index (χ1v) is 8.94. The summed E-state index contributed by atoms with van der Waals surface area (Å²) >= 11 is 0. The van der Waals surface area contributed by atoms with Crippen molar-refractivity contribution in [3.05, 3.63) is 35.9 Å². The molecule has 2 rings (SSSR count). The molecule has 2 unspecified atom stereocenters. The van der Waals surface area contributed by atoms with E-state index >= 15 is 0 Å². The molecular weight excluding hydrogens is 258 g/mol. The van der Waals surface area contributed by atoms with Crippen LogP contribution in [0.2, 0.25) is 0 Å². The molecule has 1 aliphatic rings. The zero-order valence-corrected chi connectivity index (χ0v) is 12.3. The predicted molar refractivity (Wildman–Crippen MR) is 78.9 cm³/mol. The van der Waals surface area contributed by atoms with E-state index in [0.29, 0.717) is 11.5 Å². The fourth-order valence-electron chi connectivity index (χ4n) is 2.76. The normalized spacial score (nSPS) is 23.9. The van der Waals surface area contributed by atoms with Gasteiger partial charge in [0.05, 0.1) is 11.5 Å². The van der Waals surface area contributed by atoms with E-state index in [9.17, 15) is 8.42 Å². The summed E-state index contributed by atoms with van der Waals surface area (Å²) in [7, 11) is -2.84. The zero-order chi connectivity index (χ0) is 13.7. The molecule has 0 amide bonds. The summed E-state index contributed by atoms with van der Waals surface area (Å²) in [6.07, 6.45) is 3.88. The molecule has 0 aliphatic carbocycles. The van der Waals surface area contributed by atoms with Gasteiger partial charge in [-0.05, 0) is 24.8 Å². The lowest BCUT2D eigenvalue weighted by Crippen LogP contribution is -2.41. The minimum atomic E-state index is -2.84. The van der Waals surface area contributed by atoms with Crippen molar-refractivity contribution in [2.24, 2.45) is 0 Å². The van der Waals surface area contributed by atoms with Crippen LogP contribution in [0.25, 0.3) is 0 Å². The van der Waals surface area contributed by atoms with Crippen molar-refractivity contribution in [1.82, 2.24) is 5.32 Å². The van der Waals surface area contributed by atoms with Crippen molar-refractivity contribution in [2.45, 2.75) is 44.7 Å². The van der Waals surface area contributed by atoms with Crippen LogP contribution in [0.3, 0.4) is 0 Å². The van der Waals surface area contributed by atoms with E-state index in [1.807, 2.05) is 18.2 Å². The molecule has 3 nitrogen and oxygen atoms in total. The molecule has 4 heteroatoms. The molecule has 1 aromatic carbocycles. The Hall–Kier alpha value is -0.870. The van der Waals surface area contributed by atoms with Gasteiger partial charge >= 0.3 is 0 Å². The Morgan fingerprint density at radius 3 is 2.68 bits per heavy atom. The van der Waals surface area contributed by atoms with E-state index < -0.39 is 9.84 Å². The zero-order valence-electron chi connectivity index (χ0n) is 11.5. The monoisotopic (exact) mass is 281 g/mol. The average molecular weight is 281 g/mol. The molecule has 0 bridgehead atoms. The summed E-state index contributed by atoms with van der Waals surface area (Å²) < 4.78 is 23.4. The minimum Gasteiger partial charge on any atom is -0.306 e. The summed E-state index contributed by atoms with van der Waals surface area (Å²) in [6, 6.07) is 10.7. The van der Waals surface area contributed by atoms with Crippen LogP contribution < -0.4 is 5.32 Å². The van der Waals surface area contributed by atoms with Crippen LogP contribution >= 0.6 is 0 Å². The Bertz CT molecular complexity index is 484. The van der Waals surface area contributed by atoms with E-state index in [2.05, 4.69) is 24.4 Å². The van der Waals surface area contributed by atoms with Gasteiger partial charge in [-0.15, -0.1) is 0 Å². The van der Waals surface area contributed by atoms with Crippen LogP contribution in [-0.4, -0.2) is 26.0 Å². The third kappa shape index (κ3) is 4.32. The van der Waals surface area contributed by atoms with Gasteiger partial charge < -0.3 is 5.32 Å². The second-order valence-corrected chi connectivity index (χ2v) is 7.60. The van der Waals surface area contributed by atoms with Gasteiger partial charge in [-0.3, -0.25) is 0 Å². The Morgan fingerprint density at radius 1 is 1.32 bits per heavy atom. The van der Waals surface area contributed by atoms with E-state index in [4.69, 9.17) is 0 Å². The SMILES string of the molecule is CCCC(NC1CCCS(=O)(=O)C1)c1ccccc1. The largest absolute Gasteiger partial charge is 0.306 e. The molecule has 0 radical (unpaired) electrons. The van der Waals surface area contributed by atoms with Crippen molar-refractivity contribution in [1.29, 1.82) is 0 Å². The van der Waals surface area contributed by atoms with Gasteiger partial charge in [-0.2, -0.15) is 0 Å². The average Bonchev–Trinajstić information content (AvgIpc) is 2.38. The van der Waals surface area contributed by atoms with E-state index in [1.54, 1.807) is 0 Å². The van der Waals surface area contributed by atoms with Crippen LogP contribution in [0.15, 0.2) is 30.3 Å². The molecular formula is C15H23NO2S. The standard InChI is InChI=1S/C15H23NO2S/c1-2-7-15(13-8-4-3-5-9-13)16-14-10-6-11-19(17,18)12-14/h3-5,8-9,14-16H,2,6-7,10-12H2,1H3. The van der Waals surface area contributed by atoms with Gasteiger partial charge in [0.2, 0.25) is 0 Å². The highest BCUT2D eigenvalue weighted by atomic mass is 32.2. The van der Waals surface area contributed by atoms with E-state index in [0.717, 1.165) is 25.7 Å². The highest BCUT2D eigenvalue weighted by Gasteiger charge is 2.26. The van der Waals surface area contributed by atoms with Crippen LogP contribution in [0.5, 0.6) is 0 Å². The molecule has 1 aromatic rings. The minimum absolute atomic E-state index is 0.107.